The summed E-state index contributed by atoms with van der Waals surface area (Å²) in [6.45, 7) is 0. The molecule has 0 fully saturated rings. The Labute approximate surface area is 101 Å². The average Bonchev–Trinajstić information content (AvgIpc) is 2.25. The molecule has 0 atom stereocenters. The largest absolute Gasteiger partial charge is 0.396 e. The number of nitrogen functional groups attached to an aromatic ring is 1. The molecular formula is C11H9BrFN3. The third-order valence-corrected chi connectivity index (χ3v) is 2.42. The maximum absolute atomic E-state index is 12.7. The van der Waals surface area contributed by atoms with Crippen molar-refractivity contribution in [3.05, 3.63) is 46.8 Å². The number of nitrogens with zero attached hydrogens (tertiary/aromatic N) is 1. The van der Waals surface area contributed by atoms with Gasteiger partial charge in [-0.3, -0.25) is 0 Å². The van der Waals surface area contributed by atoms with E-state index in [0.717, 1.165) is 10.2 Å². The van der Waals surface area contributed by atoms with E-state index in [1.54, 1.807) is 24.4 Å². The molecule has 82 valence electrons. The SMILES string of the molecule is Nc1cc(Br)cnc1Nc1ccc(F)cc1. The van der Waals surface area contributed by atoms with Crippen molar-refractivity contribution in [1.29, 1.82) is 0 Å². The van der Waals surface area contributed by atoms with E-state index in [4.69, 9.17) is 5.73 Å². The Hall–Kier alpha value is -1.62. The topological polar surface area (TPSA) is 50.9 Å². The zero-order valence-corrected chi connectivity index (χ0v) is 9.83. The first-order chi connectivity index (χ1) is 7.65. The third-order valence-electron chi connectivity index (χ3n) is 1.99. The molecule has 0 aliphatic carbocycles. The van der Waals surface area contributed by atoms with Crippen LogP contribution in [-0.4, -0.2) is 4.98 Å². The van der Waals surface area contributed by atoms with Gasteiger partial charge in [-0.2, -0.15) is 0 Å². The van der Waals surface area contributed by atoms with E-state index in [-0.39, 0.29) is 5.82 Å². The van der Waals surface area contributed by atoms with Gasteiger partial charge in [0.2, 0.25) is 0 Å². The highest BCUT2D eigenvalue weighted by molar-refractivity contribution is 9.10. The van der Waals surface area contributed by atoms with Crippen molar-refractivity contribution < 1.29 is 4.39 Å². The minimum atomic E-state index is -0.276. The molecule has 3 N–H and O–H groups in total. The molecular weight excluding hydrogens is 273 g/mol. The van der Waals surface area contributed by atoms with Crippen molar-refractivity contribution in [2.24, 2.45) is 0 Å². The van der Waals surface area contributed by atoms with E-state index >= 15 is 0 Å². The van der Waals surface area contributed by atoms with E-state index in [1.807, 2.05) is 0 Å². The first kappa shape index (κ1) is 10.9. The van der Waals surface area contributed by atoms with Gasteiger partial charge in [0.15, 0.2) is 5.82 Å². The summed E-state index contributed by atoms with van der Waals surface area (Å²) in [7, 11) is 0. The summed E-state index contributed by atoms with van der Waals surface area (Å²) < 4.78 is 13.5. The van der Waals surface area contributed by atoms with E-state index in [9.17, 15) is 4.39 Å². The second kappa shape index (κ2) is 4.49. The number of pyridine rings is 1. The number of nitrogens with two attached hydrogens (primary N) is 1. The van der Waals surface area contributed by atoms with Gasteiger partial charge in [-0.15, -0.1) is 0 Å². The Balaban J connectivity index is 2.23. The van der Waals surface area contributed by atoms with Crippen molar-refractivity contribution in [1.82, 2.24) is 4.98 Å². The molecule has 0 aliphatic heterocycles. The molecule has 0 bridgehead atoms. The van der Waals surface area contributed by atoms with Crippen LogP contribution in [0.25, 0.3) is 0 Å². The fraction of sp³-hybridized carbons (Fsp3) is 0. The molecule has 0 unspecified atom stereocenters. The third kappa shape index (κ3) is 2.49. The van der Waals surface area contributed by atoms with Crippen LogP contribution in [0.4, 0.5) is 21.6 Å². The molecule has 1 aromatic carbocycles. The van der Waals surface area contributed by atoms with Crippen LogP contribution in [0.1, 0.15) is 0 Å². The van der Waals surface area contributed by atoms with Crippen LogP contribution >= 0.6 is 15.9 Å². The normalized spacial score (nSPS) is 10.1. The lowest BCUT2D eigenvalue weighted by atomic mass is 10.3. The zero-order valence-electron chi connectivity index (χ0n) is 8.24. The summed E-state index contributed by atoms with van der Waals surface area (Å²) >= 11 is 3.27. The molecule has 0 saturated heterocycles. The lowest BCUT2D eigenvalue weighted by molar-refractivity contribution is 0.628. The molecule has 0 spiro atoms. The van der Waals surface area contributed by atoms with Crippen LogP contribution < -0.4 is 11.1 Å². The summed E-state index contributed by atoms with van der Waals surface area (Å²) in [5.74, 6) is 0.275. The highest BCUT2D eigenvalue weighted by Crippen LogP contribution is 2.23. The first-order valence-corrected chi connectivity index (χ1v) is 5.38. The maximum Gasteiger partial charge on any atom is 0.153 e. The van der Waals surface area contributed by atoms with Crippen molar-refractivity contribution >= 4 is 33.1 Å². The Kier molecular flexibility index (Phi) is 3.05. The zero-order chi connectivity index (χ0) is 11.5. The predicted molar refractivity (Wildman–Crippen MR) is 66.0 cm³/mol. The summed E-state index contributed by atoms with van der Waals surface area (Å²) in [5.41, 5.74) is 7.04. The molecule has 1 aromatic heterocycles. The second-order valence-electron chi connectivity index (χ2n) is 3.22. The van der Waals surface area contributed by atoms with Gasteiger partial charge >= 0.3 is 0 Å². The number of aromatic nitrogens is 1. The minimum Gasteiger partial charge on any atom is -0.396 e. The van der Waals surface area contributed by atoms with E-state index in [1.165, 1.54) is 12.1 Å². The lowest BCUT2D eigenvalue weighted by Crippen LogP contribution is -1.98. The van der Waals surface area contributed by atoms with Crippen molar-refractivity contribution in [3.63, 3.8) is 0 Å². The maximum atomic E-state index is 12.7. The standard InChI is InChI=1S/C11H9BrFN3/c12-7-5-10(14)11(15-6-7)16-9-3-1-8(13)2-4-9/h1-6H,14H2,(H,15,16). The molecule has 1 heterocycles. The number of hydrogen-bond donors (Lipinski definition) is 2. The summed E-state index contributed by atoms with van der Waals surface area (Å²) in [5, 5.41) is 3.00. The molecule has 0 radical (unpaired) electrons. The van der Waals surface area contributed by atoms with Crippen LogP contribution in [0, 0.1) is 5.82 Å². The van der Waals surface area contributed by atoms with Gasteiger partial charge in [-0.1, -0.05) is 0 Å². The van der Waals surface area contributed by atoms with Crippen LogP contribution in [-0.2, 0) is 0 Å². The van der Waals surface area contributed by atoms with Gasteiger partial charge < -0.3 is 11.1 Å². The van der Waals surface area contributed by atoms with E-state index < -0.39 is 0 Å². The predicted octanol–water partition coefficient (Wildman–Crippen LogP) is 3.31. The fourth-order valence-corrected chi connectivity index (χ4v) is 1.58. The number of rotatable bonds is 2. The molecule has 0 aliphatic rings. The Bertz CT molecular complexity index is 499. The van der Waals surface area contributed by atoms with Gasteiger partial charge in [-0.05, 0) is 46.3 Å². The molecule has 0 amide bonds. The average molecular weight is 282 g/mol. The van der Waals surface area contributed by atoms with E-state index in [2.05, 4.69) is 26.2 Å². The molecule has 5 heteroatoms. The number of nitrogens with one attached hydrogen (secondary N) is 1. The molecule has 3 nitrogen and oxygen atoms in total. The monoisotopic (exact) mass is 281 g/mol. The van der Waals surface area contributed by atoms with Gasteiger partial charge in [0.25, 0.3) is 0 Å². The Morgan fingerprint density at radius 2 is 1.94 bits per heavy atom. The van der Waals surface area contributed by atoms with E-state index in [0.29, 0.717) is 11.5 Å². The number of anilines is 3. The minimum absolute atomic E-state index is 0.276. The summed E-state index contributed by atoms with van der Waals surface area (Å²) in [4.78, 5) is 4.12. The summed E-state index contributed by atoms with van der Waals surface area (Å²) in [6.07, 6.45) is 1.64. The van der Waals surface area contributed by atoms with Crippen LogP contribution in [0.3, 0.4) is 0 Å². The number of halogens is 2. The Morgan fingerprint density at radius 3 is 2.56 bits per heavy atom. The van der Waals surface area contributed by atoms with Crippen molar-refractivity contribution in [2.45, 2.75) is 0 Å². The van der Waals surface area contributed by atoms with Crippen LogP contribution in [0.5, 0.6) is 0 Å². The molecule has 0 saturated carbocycles. The quantitative estimate of drug-likeness (QED) is 0.888. The number of benzene rings is 1. The smallest absolute Gasteiger partial charge is 0.153 e. The Morgan fingerprint density at radius 1 is 1.25 bits per heavy atom. The fourth-order valence-electron chi connectivity index (χ4n) is 1.23. The summed E-state index contributed by atoms with van der Waals surface area (Å²) in [6, 6.07) is 7.74. The van der Waals surface area contributed by atoms with Crippen molar-refractivity contribution in [2.75, 3.05) is 11.1 Å². The lowest BCUT2D eigenvalue weighted by Gasteiger charge is -2.08. The molecule has 2 aromatic rings. The van der Waals surface area contributed by atoms with Gasteiger partial charge in [0, 0.05) is 16.4 Å². The second-order valence-corrected chi connectivity index (χ2v) is 4.14. The highest BCUT2D eigenvalue weighted by atomic mass is 79.9. The van der Waals surface area contributed by atoms with Gasteiger partial charge in [0.1, 0.15) is 5.82 Å². The highest BCUT2D eigenvalue weighted by Gasteiger charge is 2.02. The first-order valence-electron chi connectivity index (χ1n) is 4.59. The molecule has 2 rings (SSSR count). The van der Waals surface area contributed by atoms with Gasteiger partial charge in [-0.25, -0.2) is 9.37 Å². The van der Waals surface area contributed by atoms with Gasteiger partial charge in [0.05, 0.1) is 5.69 Å². The number of hydrogen-bond acceptors (Lipinski definition) is 3. The molecule has 16 heavy (non-hydrogen) atoms. The van der Waals surface area contributed by atoms with Crippen molar-refractivity contribution in [3.8, 4) is 0 Å². The van der Waals surface area contributed by atoms with Crippen LogP contribution in [0.2, 0.25) is 0 Å². The van der Waals surface area contributed by atoms with Crippen LogP contribution in [0.15, 0.2) is 41.0 Å².